The summed E-state index contributed by atoms with van der Waals surface area (Å²) in [5, 5.41) is 4.56. The van der Waals surface area contributed by atoms with Crippen LogP contribution in [0.25, 0.3) is 0 Å². The van der Waals surface area contributed by atoms with E-state index in [-0.39, 0.29) is 30.8 Å². The van der Waals surface area contributed by atoms with Gasteiger partial charge < -0.3 is 19.5 Å². The molecular weight excluding hydrogens is 354 g/mol. The Labute approximate surface area is 155 Å². The zero-order chi connectivity index (χ0) is 18.5. The van der Waals surface area contributed by atoms with Gasteiger partial charge in [0.15, 0.2) is 0 Å². The molecule has 1 fully saturated rings. The Morgan fingerprint density at radius 1 is 1.35 bits per heavy atom. The molecule has 26 heavy (non-hydrogen) atoms. The molecule has 0 aromatic carbocycles. The molecule has 3 rings (SSSR count). The first kappa shape index (κ1) is 18.2. The van der Waals surface area contributed by atoms with Crippen LogP contribution in [0.1, 0.15) is 28.3 Å². The fourth-order valence-corrected chi connectivity index (χ4v) is 3.69. The van der Waals surface area contributed by atoms with Gasteiger partial charge in [0.2, 0.25) is 11.8 Å². The molecule has 7 nitrogen and oxygen atoms in total. The van der Waals surface area contributed by atoms with Crippen LogP contribution in [0.5, 0.6) is 0 Å². The predicted octanol–water partition coefficient (Wildman–Crippen LogP) is 1.72. The average molecular weight is 375 g/mol. The molecule has 1 saturated heterocycles. The lowest BCUT2D eigenvalue weighted by Crippen LogP contribution is -2.48. The van der Waals surface area contributed by atoms with E-state index in [9.17, 15) is 14.4 Å². The third-order valence-electron chi connectivity index (χ3n) is 4.33. The highest BCUT2D eigenvalue weighted by molar-refractivity contribution is 7.12. The maximum Gasteiger partial charge on any atom is 0.264 e. The lowest BCUT2D eigenvalue weighted by molar-refractivity contribution is -0.137. The minimum Gasteiger partial charge on any atom is -0.467 e. The first-order valence-electron chi connectivity index (χ1n) is 8.45. The van der Waals surface area contributed by atoms with E-state index >= 15 is 0 Å². The predicted molar refractivity (Wildman–Crippen MR) is 96.6 cm³/mol. The Morgan fingerprint density at radius 3 is 2.88 bits per heavy atom. The van der Waals surface area contributed by atoms with E-state index in [1.165, 1.54) is 22.5 Å². The molecule has 1 atom stereocenters. The summed E-state index contributed by atoms with van der Waals surface area (Å²) in [6.07, 6.45) is 2.94. The zero-order valence-electron chi connectivity index (χ0n) is 14.5. The number of hydrogen-bond donors (Lipinski definition) is 1. The van der Waals surface area contributed by atoms with Gasteiger partial charge in [0, 0.05) is 13.6 Å². The molecule has 0 saturated carbocycles. The molecule has 0 spiro atoms. The van der Waals surface area contributed by atoms with E-state index in [0.717, 1.165) is 6.42 Å². The number of carbonyl (C=O) groups is 3. The lowest BCUT2D eigenvalue weighted by atomic mass is 10.2. The summed E-state index contributed by atoms with van der Waals surface area (Å²) in [7, 11) is 1.58. The van der Waals surface area contributed by atoms with Crippen LogP contribution in [0.3, 0.4) is 0 Å². The van der Waals surface area contributed by atoms with E-state index in [1.807, 2.05) is 11.4 Å². The van der Waals surface area contributed by atoms with Crippen molar-refractivity contribution < 1.29 is 18.8 Å². The summed E-state index contributed by atoms with van der Waals surface area (Å²) >= 11 is 1.37. The third-order valence-corrected chi connectivity index (χ3v) is 5.19. The first-order chi connectivity index (χ1) is 12.6. The van der Waals surface area contributed by atoms with Crippen LogP contribution < -0.4 is 5.32 Å². The van der Waals surface area contributed by atoms with Gasteiger partial charge in [-0.15, -0.1) is 11.3 Å². The highest BCUT2D eigenvalue weighted by atomic mass is 32.1. The molecule has 8 heteroatoms. The van der Waals surface area contributed by atoms with Crippen LogP contribution in [0.4, 0.5) is 0 Å². The van der Waals surface area contributed by atoms with Gasteiger partial charge in [-0.05, 0) is 36.4 Å². The summed E-state index contributed by atoms with van der Waals surface area (Å²) in [5.41, 5.74) is 0. The molecule has 2 aromatic heterocycles. The molecule has 1 N–H and O–H groups in total. The number of likely N-dealkylation sites (N-methyl/N-ethyl adjacent to an activating group) is 1. The van der Waals surface area contributed by atoms with Crippen molar-refractivity contribution in [3.63, 3.8) is 0 Å². The summed E-state index contributed by atoms with van der Waals surface area (Å²) in [5.74, 6) is 0.0503. The largest absolute Gasteiger partial charge is 0.467 e. The fraction of sp³-hybridized carbons (Fsp3) is 0.389. The van der Waals surface area contributed by atoms with Crippen molar-refractivity contribution in [1.82, 2.24) is 15.1 Å². The van der Waals surface area contributed by atoms with E-state index in [0.29, 0.717) is 23.6 Å². The first-order valence-corrected chi connectivity index (χ1v) is 9.33. The van der Waals surface area contributed by atoms with Crippen LogP contribution in [0.2, 0.25) is 0 Å². The lowest BCUT2D eigenvalue weighted by Gasteiger charge is -2.27. The molecule has 3 heterocycles. The van der Waals surface area contributed by atoms with Gasteiger partial charge in [0.1, 0.15) is 11.8 Å². The Hall–Kier alpha value is -2.61. The van der Waals surface area contributed by atoms with Crippen molar-refractivity contribution in [2.45, 2.75) is 25.4 Å². The maximum absolute atomic E-state index is 12.7. The molecular formula is C18H21N3O4S. The van der Waals surface area contributed by atoms with Gasteiger partial charge in [0.05, 0.1) is 24.2 Å². The highest BCUT2D eigenvalue weighted by Gasteiger charge is 2.36. The number of rotatable bonds is 6. The highest BCUT2D eigenvalue weighted by Crippen LogP contribution is 2.23. The molecule has 0 radical (unpaired) electrons. The van der Waals surface area contributed by atoms with Crippen LogP contribution in [0.15, 0.2) is 40.3 Å². The minimum absolute atomic E-state index is 0.0585. The average Bonchev–Trinajstić information content (AvgIpc) is 3.40. The van der Waals surface area contributed by atoms with Crippen molar-refractivity contribution in [3.05, 3.63) is 46.5 Å². The molecule has 1 aliphatic heterocycles. The number of likely N-dealkylation sites (tertiary alicyclic amines) is 1. The fourth-order valence-electron chi connectivity index (χ4n) is 3.01. The molecule has 138 valence electrons. The van der Waals surface area contributed by atoms with Gasteiger partial charge in [-0.1, -0.05) is 6.07 Å². The molecule has 3 amide bonds. The second-order valence-corrected chi connectivity index (χ2v) is 7.13. The number of furan rings is 1. The second kappa shape index (κ2) is 8.18. The number of nitrogens with one attached hydrogen (secondary N) is 1. The van der Waals surface area contributed by atoms with Crippen LogP contribution in [-0.4, -0.2) is 53.7 Å². The number of amides is 3. The van der Waals surface area contributed by atoms with Gasteiger partial charge >= 0.3 is 0 Å². The summed E-state index contributed by atoms with van der Waals surface area (Å²) in [4.78, 5) is 41.0. The summed E-state index contributed by atoms with van der Waals surface area (Å²) in [6, 6.07) is 6.59. The minimum atomic E-state index is -0.507. The quantitative estimate of drug-likeness (QED) is 0.833. The van der Waals surface area contributed by atoms with Gasteiger partial charge in [-0.25, -0.2) is 0 Å². The van der Waals surface area contributed by atoms with Gasteiger partial charge in [0.25, 0.3) is 5.91 Å². The second-order valence-electron chi connectivity index (χ2n) is 6.18. The van der Waals surface area contributed by atoms with E-state index in [4.69, 9.17) is 4.42 Å². The smallest absolute Gasteiger partial charge is 0.264 e. The third kappa shape index (κ3) is 4.13. The van der Waals surface area contributed by atoms with Crippen molar-refractivity contribution in [2.24, 2.45) is 0 Å². The normalized spacial score (nSPS) is 16.5. The molecule has 2 aromatic rings. The number of carbonyl (C=O) groups excluding carboxylic acids is 3. The van der Waals surface area contributed by atoms with Gasteiger partial charge in [-0.3, -0.25) is 14.4 Å². The Morgan fingerprint density at radius 2 is 2.19 bits per heavy atom. The molecule has 0 aliphatic carbocycles. The summed E-state index contributed by atoms with van der Waals surface area (Å²) in [6.45, 7) is 0.781. The Kier molecular flexibility index (Phi) is 5.72. The van der Waals surface area contributed by atoms with E-state index in [1.54, 1.807) is 30.1 Å². The maximum atomic E-state index is 12.7. The van der Waals surface area contributed by atoms with Crippen LogP contribution >= 0.6 is 11.3 Å². The van der Waals surface area contributed by atoms with Crippen molar-refractivity contribution in [1.29, 1.82) is 0 Å². The van der Waals surface area contributed by atoms with Crippen molar-refractivity contribution in [3.8, 4) is 0 Å². The summed E-state index contributed by atoms with van der Waals surface area (Å²) < 4.78 is 5.15. The van der Waals surface area contributed by atoms with Gasteiger partial charge in [-0.2, -0.15) is 0 Å². The number of thiophene rings is 1. The zero-order valence-corrected chi connectivity index (χ0v) is 15.3. The molecule has 1 aliphatic rings. The van der Waals surface area contributed by atoms with Crippen LogP contribution in [-0.2, 0) is 16.1 Å². The number of hydrogen-bond acceptors (Lipinski definition) is 5. The van der Waals surface area contributed by atoms with Crippen molar-refractivity contribution in [2.75, 3.05) is 20.1 Å². The Bertz CT molecular complexity index is 758. The Balaban J connectivity index is 1.55. The molecule has 0 unspecified atom stereocenters. The topological polar surface area (TPSA) is 82.9 Å². The SMILES string of the molecule is CN(CC(=O)NCc1ccco1)C(=O)[C@H]1CCCN1C(=O)c1cccs1. The monoisotopic (exact) mass is 375 g/mol. The number of nitrogens with zero attached hydrogens (tertiary/aromatic N) is 2. The van der Waals surface area contributed by atoms with Crippen molar-refractivity contribution >= 4 is 29.1 Å². The van der Waals surface area contributed by atoms with Crippen LogP contribution in [0, 0.1) is 0 Å². The molecule has 0 bridgehead atoms. The van der Waals surface area contributed by atoms with E-state index in [2.05, 4.69) is 5.32 Å². The van der Waals surface area contributed by atoms with E-state index < -0.39 is 6.04 Å². The standard InChI is InChI=1S/C18H21N3O4S/c1-20(12-16(22)19-11-13-5-3-9-25-13)17(23)14-6-2-8-21(14)18(24)15-7-4-10-26-15/h3-5,7,9-10,14H,2,6,8,11-12H2,1H3,(H,19,22)/t14-/m1/s1.